The number of ketones is 1. The first kappa shape index (κ1) is 19.3. The maximum Gasteiger partial charge on any atom is 0.309 e. The van der Waals surface area contributed by atoms with Crippen LogP contribution in [0.2, 0.25) is 0 Å². The van der Waals surface area contributed by atoms with Crippen molar-refractivity contribution in [3.8, 4) is 11.5 Å². The molecule has 138 valence electrons. The lowest BCUT2D eigenvalue weighted by molar-refractivity contribution is -0.153. The van der Waals surface area contributed by atoms with E-state index in [9.17, 15) is 14.7 Å². The summed E-state index contributed by atoms with van der Waals surface area (Å²) in [6, 6.07) is 5.22. The molecule has 0 saturated heterocycles. The molecular formula is C20H28O5. The molecule has 1 fully saturated rings. The van der Waals surface area contributed by atoms with Gasteiger partial charge in [-0.25, -0.2) is 0 Å². The van der Waals surface area contributed by atoms with Gasteiger partial charge < -0.3 is 14.6 Å². The number of carboxylic acids is 1. The summed E-state index contributed by atoms with van der Waals surface area (Å²) in [6.07, 6.45) is 1.06. The monoisotopic (exact) mass is 348 g/mol. The minimum Gasteiger partial charge on any atom is -0.494 e. The average Bonchev–Trinajstić information content (AvgIpc) is 2.79. The Morgan fingerprint density at radius 3 is 2.32 bits per heavy atom. The van der Waals surface area contributed by atoms with Crippen LogP contribution in [0.25, 0.3) is 0 Å². The molecule has 2 rings (SSSR count). The molecule has 0 spiro atoms. The van der Waals surface area contributed by atoms with Crippen LogP contribution < -0.4 is 9.47 Å². The van der Waals surface area contributed by atoms with Crippen LogP contribution in [0.1, 0.15) is 57.8 Å². The molecule has 25 heavy (non-hydrogen) atoms. The summed E-state index contributed by atoms with van der Waals surface area (Å²) in [7, 11) is 0. The van der Waals surface area contributed by atoms with Crippen LogP contribution in [0, 0.1) is 16.7 Å². The van der Waals surface area contributed by atoms with Gasteiger partial charge in [0.1, 0.15) is 11.5 Å². The highest BCUT2D eigenvalue weighted by Crippen LogP contribution is 2.57. The second-order valence-electron chi connectivity index (χ2n) is 7.34. The number of rotatable bonds is 7. The molecule has 1 aliphatic carbocycles. The first-order valence-electron chi connectivity index (χ1n) is 8.86. The van der Waals surface area contributed by atoms with Gasteiger partial charge in [-0.2, -0.15) is 0 Å². The van der Waals surface area contributed by atoms with Gasteiger partial charge in [-0.05, 0) is 51.2 Å². The minimum atomic E-state index is -0.912. The maximum absolute atomic E-state index is 13.2. The summed E-state index contributed by atoms with van der Waals surface area (Å²) in [5.74, 6) is -0.0986. The Balaban J connectivity index is 2.39. The van der Waals surface area contributed by atoms with Crippen LogP contribution >= 0.6 is 0 Å². The quantitative estimate of drug-likeness (QED) is 0.748. The van der Waals surface area contributed by atoms with Crippen molar-refractivity contribution < 1.29 is 24.2 Å². The van der Waals surface area contributed by atoms with Crippen LogP contribution in [0.5, 0.6) is 11.5 Å². The summed E-state index contributed by atoms with van der Waals surface area (Å²) >= 11 is 0. The van der Waals surface area contributed by atoms with Crippen molar-refractivity contribution in [1.29, 1.82) is 0 Å². The molecule has 0 aliphatic heterocycles. The molecule has 1 saturated carbocycles. The van der Waals surface area contributed by atoms with Crippen molar-refractivity contribution in [3.63, 3.8) is 0 Å². The van der Waals surface area contributed by atoms with Crippen molar-refractivity contribution in [2.24, 2.45) is 16.7 Å². The Hall–Kier alpha value is -2.04. The molecule has 1 aromatic carbocycles. The summed E-state index contributed by atoms with van der Waals surface area (Å²) < 4.78 is 11.1. The number of hydrogen-bond acceptors (Lipinski definition) is 4. The zero-order chi connectivity index (χ0) is 18.8. The van der Waals surface area contributed by atoms with E-state index >= 15 is 0 Å². The van der Waals surface area contributed by atoms with E-state index in [2.05, 4.69) is 0 Å². The van der Waals surface area contributed by atoms with E-state index in [0.717, 1.165) is 0 Å². The van der Waals surface area contributed by atoms with Gasteiger partial charge in [-0.15, -0.1) is 0 Å². The number of carbonyl (C=O) groups is 2. The third kappa shape index (κ3) is 3.24. The SMILES string of the molecule is CCOc1ccc(C(=O)C2CCC(C)(C(=O)O)C2(C)C)c(OCC)c1. The Labute approximate surface area is 149 Å². The molecule has 0 radical (unpaired) electrons. The highest BCUT2D eigenvalue weighted by atomic mass is 16.5. The van der Waals surface area contributed by atoms with Crippen LogP contribution in [0.15, 0.2) is 18.2 Å². The van der Waals surface area contributed by atoms with Gasteiger partial charge in [0.05, 0.1) is 24.2 Å². The number of Topliss-reactive ketones (excluding diaryl/α,β-unsaturated/α-hetero) is 1. The third-order valence-corrected chi connectivity index (χ3v) is 5.84. The zero-order valence-corrected chi connectivity index (χ0v) is 15.7. The number of hydrogen-bond donors (Lipinski definition) is 1. The van der Waals surface area contributed by atoms with Gasteiger partial charge in [-0.3, -0.25) is 9.59 Å². The zero-order valence-electron chi connectivity index (χ0n) is 15.7. The van der Waals surface area contributed by atoms with Crippen molar-refractivity contribution in [2.45, 2.75) is 47.5 Å². The first-order chi connectivity index (χ1) is 11.7. The molecule has 2 unspecified atom stereocenters. The molecule has 2 atom stereocenters. The third-order valence-electron chi connectivity index (χ3n) is 5.84. The molecule has 0 heterocycles. The van der Waals surface area contributed by atoms with E-state index in [0.29, 0.717) is 43.1 Å². The number of ether oxygens (including phenoxy) is 2. The van der Waals surface area contributed by atoms with Gasteiger partial charge in [-0.1, -0.05) is 13.8 Å². The summed E-state index contributed by atoms with van der Waals surface area (Å²) in [6.45, 7) is 10.2. The van der Waals surface area contributed by atoms with Gasteiger partial charge in [0.25, 0.3) is 0 Å². The normalized spacial score (nSPS) is 24.8. The molecule has 1 N–H and O–H groups in total. The average molecular weight is 348 g/mol. The van der Waals surface area contributed by atoms with Gasteiger partial charge >= 0.3 is 5.97 Å². The summed E-state index contributed by atoms with van der Waals surface area (Å²) in [5.41, 5.74) is -1.06. The van der Waals surface area contributed by atoms with E-state index in [1.807, 2.05) is 27.7 Å². The van der Waals surface area contributed by atoms with Gasteiger partial charge in [0.15, 0.2) is 5.78 Å². The first-order valence-corrected chi connectivity index (χ1v) is 8.86. The Kier molecular flexibility index (Phi) is 5.45. The second kappa shape index (κ2) is 7.06. The molecule has 5 nitrogen and oxygen atoms in total. The van der Waals surface area contributed by atoms with E-state index in [4.69, 9.17) is 9.47 Å². The summed E-state index contributed by atoms with van der Waals surface area (Å²) in [5, 5.41) is 9.66. The Morgan fingerprint density at radius 2 is 1.80 bits per heavy atom. The molecule has 1 aromatic rings. The van der Waals surface area contributed by atoms with Gasteiger partial charge in [0, 0.05) is 12.0 Å². The lowest BCUT2D eigenvalue weighted by atomic mass is 9.64. The highest BCUT2D eigenvalue weighted by molar-refractivity contribution is 6.01. The summed E-state index contributed by atoms with van der Waals surface area (Å²) in [4.78, 5) is 25.0. The second-order valence-corrected chi connectivity index (χ2v) is 7.34. The van der Waals surface area contributed by atoms with Crippen LogP contribution in [-0.2, 0) is 4.79 Å². The van der Waals surface area contributed by atoms with E-state index in [1.54, 1.807) is 25.1 Å². The van der Waals surface area contributed by atoms with Crippen LogP contribution in [-0.4, -0.2) is 30.1 Å². The lowest BCUT2D eigenvalue weighted by Crippen LogP contribution is -2.42. The number of aliphatic carboxylic acids is 1. The number of carbonyl (C=O) groups excluding carboxylic acids is 1. The van der Waals surface area contributed by atoms with E-state index in [1.165, 1.54) is 0 Å². The molecule has 1 aliphatic rings. The smallest absolute Gasteiger partial charge is 0.309 e. The molecule has 0 aromatic heterocycles. The maximum atomic E-state index is 13.2. The minimum absolute atomic E-state index is 0.0542. The van der Waals surface area contributed by atoms with E-state index < -0.39 is 16.8 Å². The Morgan fingerprint density at radius 1 is 1.16 bits per heavy atom. The van der Waals surface area contributed by atoms with Crippen molar-refractivity contribution in [3.05, 3.63) is 23.8 Å². The largest absolute Gasteiger partial charge is 0.494 e. The number of carboxylic acid groups (broad SMARTS) is 1. The molecule has 0 bridgehead atoms. The Bertz CT molecular complexity index is 664. The molecule has 5 heteroatoms. The van der Waals surface area contributed by atoms with Crippen molar-refractivity contribution in [2.75, 3.05) is 13.2 Å². The van der Waals surface area contributed by atoms with Crippen LogP contribution in [0.3, 0.4) is 0 Å². The van der Waals surface area contributed by atoms with E-state index in [-0.39, 0.29) is 11.7 Å². The fourth-order valence-corrected chi connectivity index (χ4v) is 3.77. The highest BCUT2D eigenvalue weighted by Gasteiger charge is 2.58. The van der Waals surface area contributed by atoms with Crippen molar-refractivity contribution >= 4 is 11.8 Å². The van der Waals surface area contributed by atoms with Gasteiger partial charge in [0.2, 0.25) is 0 Å². The predicted molar refractivity (Wildman–Crippen MR) is 95.4 cm³/mol. The van der Waals surface area contributed by atoms with Crippen molar-refractivity contribution in [1.82, 2.24) is 0 Å². The predicted octanol–water partition coefficient (Wildman–Crippen LogP) is 4.19. The molecular weight excluding hydrogens is 320 g/mol. The molecule has 0 amide bonds. The fraction of sp³-hybridized carbons (Fsp3) is 0.600. The number of benzene rings is 1. The van der Waals surface area contributed by atoms with Crippen LogP contribution in [0.4, 0.5) is 0 Å². The topological polar surface area (TPSA) is 72.8 Å². The fourth-order valence-electron chi connectivity index (χ4n) is 3.77. The standard InChI is InChI=1S/C20H28O5/c1-6-24-13-8-9-14(16(12-13)25-7-2)17(21)15-10-11-20(5,18(22)23)19(15,3)4/h8-9,12,15H,6-7,10-11H2,1-5H3,(H,22,23). The lowest BCUT2D eigenvalue weighted by Gasteiger charge is -2.38.